The van der Waals surface area contributed by atoms with E-state index in [0.717, 1.165) is 18.3 Å². The number of sulfonamides is 1. The highest BCUT2D eigenvalue weighted by molar-refractivity contribution is 7.90. The molecule has 0 bridgehead atoms. The van der Waals surface area contributed by atoms with Crippen LogP contribution in [0.5, 0.6) is 0 Å². The van der Waals surface area contributed by atoms with Gasteiger partial charge in [-0.2, -0.15) is 13.2 Å². The Labute approximate surface area is 154 Å². The van der Waals surface area contributed by atoms with Crippen LogP contribution in [0.4, 0.5) is 24.5 Å². The predicted octanol–water partition coefficient (Wildman–Crippen LogP) is 3.70. The summed E-state index contributed by atoms with van der Waals surface area (Å²) in [7, 11) is -4.28. The molecule has 27 heavy (non-hydrogen) atoms. The zero-order valence-electron chi connectivity index (χ0n) is 14.8. The van der Waals surface area contributed by atoms with Gasteiger partial charge in [0.1, 0.15) is 4.90 Å². The fraction of sp³-hybridized carbons (Fsp3) is 0.294. The van der Waals surface area contributed by atoms with E-state index in [1.54, 1.807) is 20.8 Å². The summed E-state index contributed by atoms with van der Waals surface area (Å²) in [5, 5.41) is 2.63. The van der Waals surface area contributed by atoms with Gasteiger partial charge in [0.05, 0.1) is 11.3 Å². The highest BCUT2D eigenvalue weighted by atomic mass is 32.2. The number of nitrogens with zero attached hydrogens (tertiary/aromatic N) is 1. The molecule has 0 fully saturated rings. The van der Waals surface area contributed by atoms with E-state index in [-0.39, 0.29) is 16.3 Å². The lowest BCUT2D eigenvalue weighted by molar-refractivity contribution is -0.137. The Hall–Kier alpha value is -2.62. The molecule has 146 valence electrons. The third-order valence-corrected chi connectivity index (χ3v) is 4.81. The first-order chi connectivity index (χ1) is 12.3. The predicted molar refractivity (Wildman–Crippen MR) is 93.7 cm³/mol. The molecule has 0 aliphatic carbocycles. The third kappa shape index (κ3) is 5.19. The fourth-order valence-corrected chi connectivity index (χ4v) is 3.22. The van der Waals surface area contributed by atoms with Gasteiger partial charge in [-0.25, -0.2) is 13.1 Å². The summed E-state index contributed by atoms with van der Waals surface area (Å²) >= 11 is 0. The Balaban J connectivity index is 2.38. The second kappa shape index (κ2) is 7.18. The summed E-state index contributed by atoms with van der Waals surface area (Å²) in [5.41, 5.74) is -1.82. The van der Waals surface area contributed by atoms with Gasteiger partial charge in [0.2, 0.25) is 5.91 Å². The van der Waals surface area contributed by atoms with Crippen molar-refractivity contribution in [2.24, 2.45) is 5.41 Å². The fourth-order valence-electron chi connectivity index (χ4n) is 1.96. The van der Waals surface area contributed by atoms with E-state index < -0.39 is 33.1 Å². The lowest BCUT2D eigenvalue weighted by Gasteiger charge is -2.19. The van der Waals surface area contributed by atoms with E-state index in [2.05, 4.69) is 10.3 Å². The summed E-state index contributed by atoms with van der Waals surface area (Å²) in [4.78, 5) is 15.4. The summed E-state index contributed by atoms with van der Waals surface area (Å²) in [6.45, 7) is 4.63. The van der Waals surface area contributed by atoms with Crippen LogP contribution in [-0.2, 0) is 21.0 Å². The van der Waals surface area contributed by atoms with Crippen LogP contribution in [0, 0.1) is 5.41 Å². The number of alkyl halides is 3. The van der Waals surface area contributed by atoms with E-state index in [0.29, 0.717) is 0 Å². The Morgan fingerprint density at radius 1 is 1.11 bits per heavy atom. The molecule has 2 N–H and O–H groups in total. The lowest BCUT2D eigenvalue weighted by Crippen LogP contribution is -2.39. The first kappa shape index (κ1) is 20.7. The van der Waals surface area contributed by atoms with Gasteiger partial charge in [0, 0.05) is 23.5 Å². The average Bonchev–Trinajstić information content (AvgIpc) is 2.53. The van der Waals surface area contributed by atoms with Gasteiger partial charge in [0.15, 0.2) is 0 Å². The van der Waals surface area contributed by atoms with E-state index in [1.807, 2.05) is 4.72 Å². The molecule has 0 unspecified atom stereocenters. The van der Waals surface area contributed by atoms with Crippen molar-refractivity contribution >= 4 is 27.3 Å². The van der Waals surface area contributed by atoms with E-state index in [1.165, 1.54) is 24.4 Å². The van der Waals surface area contributed by atoms with Crippen LogP contribution >= 0.6 is 0 Å². The number of carbonyl (C=O) groups is 1. The molecule has 0 aliphatic rings. The molecular formula is C17H18F3N3O3S. The molecule has 0 saturated carbocycles. The van der Waals surface area contributed by atoms with Crippen molar-refractivity contribution in [3.63, 3.8) is 0 Å². The van der Waals surface area contributed by atoms with Crippen molar-refractivity contribution in [1.82, 2.24) is 9.71 Å². The number of aromatic nitrogens is 1. The number of pyridine rings is 1. The maximum absolute atomic E-state index is 12.8. The summed E-state index contributed by atoms with van der Waals surface area (Å²) in [6, 6.07) is 5.60. The zero-order chi connectivity index (χ0) is 20.5. The molecular weight excluding hydrogens is 383 g/mol. The van der Waals surface area contributed by atoms with Crippen molar-refractivity contribution in [3.8, 4) is 0 Å². The van der Waals surface area contributed by atoms with Crippen LogP contribution in [0.15, 0.2) is 47.6 Å². The van der Waals surface area contributed by atoms with Gasteiger partial charge in [-0.3, -0.25) is 9.78 Å². The number of anilines is 2. The van der Waals surface area contributed by atoms with Gasteiger partial charge >= 0.3 is 6.18 Å². The number of hydrogen-bond donors (Lipinski definition) is 2. The lowest BCUT2D eigenvalue weighted by atomic mass is 9.96. The molecule has 1 aromatic carbocycles. The quantitative estimate of drug-likeness (QED) is 0.816. The van der Waals surface area contributed by atoms with E-state index in [9.17, 15) is 26.4 Å². The molecule has 2 aromatic rings. The number of benzene rings is 1. The molecule has 0 spiro atoms. The molecule has 1 aromatic heterocycles. The average molecular weight is 401 g/mol. The number of amides is 1. The minimum Gasteiger partial charge on any atom is -0.354 e. The van der Waals surface area contributed by atoms with Gasteiger partial charge in [-0.15, -0.1) is 0 Å². The highest BCUT2D eigenvalue weighted by Gasteiger charge is 2.31. The Morgan fingerprint density at radius 3 is 2.37 bits per heavy atom. The molecule has 6 nitrogen and oxygen atoms in total. The summed E-state index contributed by atoms with van der Waals surface area (Å²) < 4.78 is 65.6. The SMILES string of the molecule is CC(C)(C)C(=O)NS(=O)(=O)c1cnccc1Nc1cccc(C(F)(F)F)c1. The second-order valence-electron chi connectivity index (χ2n) is 6.76. The van der Waals surface area contributed by atoms with E-state index >= 15 is 0 Å². The number of hydrogen-bond acceptors (Lipinski definition) is 5. The minimum absolute atomic E-state index is 0.0152. The first-order valence-corrected chi connectivity index (χ1v) is 9.24. The molecule has 0 saturated heterocycles. The molecule has 2 rings (SSSR count). The Morgan fingerprint density at radius 2 is 1.78 bits per heavy atom. The van der Waals surface area contributed by atoms with Crippen LogP contribution in [-0.4, -0.2) is 19.3 Å². The van der Waals surface area contributed by atoms with Gasteiger partial charge < -0.3 is 5.32 Å². The minimum atomic E-state index is -4.54. The summed E-state index contributed by atoms with van der Waals surface area (Å²) in [6.07, 6.45) is -2.25. The maximum Gasteiger partial charge on any atom is 0.416 e. The van der Waals surface area contributed by atoms with E-state index in [4.69, 9.17) is 0 Å². The molecule has 0 radical (unpaired) electrons. The Bertz CT molecular complexity index is 952. The molecule has 0 atom stereocenters. The van der Waals surface area contributed by atoms with Gasteiger partial charge in [0.25, 0.3) is 10.0 Å². The Kier molecular flexibility index (Phi) is 5.50. The number of nitrogens with one attached hydrogen (secondary N) is 2. The monoisotopic (exact) mass is 401 g/mol. The largest absolute Gasteiger partial charge is 0.416 e. The first-order valence-electron chi connectivity index (χ1n) is 7.76. The normalized spacial score (nSPS) is 12.5. The standard InChI is InChI=1S/C17H18F3N3O3S/c1-16(2,3)15(24)23-27(25,26)14-10-21-8-7-13(14)22-12-6-4-5-11(9-12)17(18,19)20/h4-10H,1-3H3,(H,21,22)(H,23,24). The number of halogens is 3. The molecule has 1 amide bonds. The van der Waals surface area contributed by atoms with Crippen LogP contribution in [0.1, 0.15) is 26.3 Å². The van der Waals surface area contributed by atoms with Crippen molar-refractivity contribution in [1.29, 1.82) is 0 Å². The number of carbonyl (C=O) groups excluding carboxylic acids is 1. The smallest absolute Gasteiger partial charge is 0.354 e. The van der Waals surface area contributed by atoms with Crippen LogP contribution < -0.4 is 10.0 Å². The second-order valence-corrected chi connectivity index (χ2v) is 8.41. The molecule has 1 heterocycles. The molecule has 0 aliphatic heterocycles. The van der Waals surface area contributed by atoms with Crippen molar-refractivity contribution < 1.29 is 26.4 Å². The highest BCUT2D eigenvalue weighted by Crippen LogP contribution is 2.32. The van der Waals surface area contributed by atoms with Crippen molar-refractivity contribution in [2.45, 2.75) is 31.8 Å². The van der Waals surface area contributed by atoms with Crippen LogP contribution in [0.2, 0.25) is 0 Å². The van der Waals surface area contributed by atoms with Gasteiger partial charge in [-0.05, 0) is 24.3 Å². The topological polar surface area (TPSA) is 88.2 Å². The number of rotatable bonds is 4. The molecule has 10 heteroatoms. The van der Waals surface area contributed by atoms with Gasteiger partial charge in [-0.1, -0.05) is 26.8 Å². The van der Waals surface area contributed by atoms with Crippen LogP contribution in [0.3, 0.4) is 0 Å². The van der Waals surface area contributed by atoms with Crippen molar-refractivity contribution in [3.05, 3.63) is 48.3 Å². The van der Waals surface area contributed by atoms with Crippen LogP contribution in [0.25, 0.3) is 0 Å². The van der Waals surface area contributed by atoms with Crippen molar-refractivity contribution in [2.75, 3.05) is 5.32 Å². The summed E-state index contributed by atoms with van der Waals surface area (Å²) in [5.74, 6) is -0.726. The third-order valence-electron chi connectivity index (χ3n) is 3.45. The zero-order valence-corrected chi connectivity index (χ0v) is 15.6. The maximum atomic E-state index is 12.8.